The fourth-order valence-corrected chi connectivity index (χ4v) is 2.22. The molecular weight excluding hydrogens is 279 g/mol. The van der Waals surface area contributed by atoms with Crippen molar-refractivity contribution in [3.05, 3.63) is 23.4 Å². The van der Waals surface area contributed by atoms with E-state index in [-0.39, 0.29) is 25.3 Å². The second-order valence-corrected chi connectivity index (χ2v) is 6.07. The van der Waals surface area contributed by atoms with Gasteiger partial charge in [0.1, 0.15) is 11.4 Å². The largest absolute Gasteiger partial charge is 1.00 e. The number of nitrogens with zero attached hydrogens (tertiary/aromatic N) is 2. The van der Waals surface area contributed by atoms with Gasteiger partial charge in [0.25, 0.3) is 0 Å². The molecule has 0 radical (unpaired) electrons. The molecule has 0 saturated heterocycles. The molecule has 1 aromatic rings. The minimum absolute atomic E-state index is 0. The number of amides is 1. The molecule has 0 N–H and O–H groups in total. The standard InChI is InChI=1S/C15H20N2O4.Li/c1-15(2,3)21-14(20)17-8-4-5-10-6-7-11(9-12(18)19)16-13(10)17;/h6-7H,4-5,8-9H2,1-3H3,(H,18,19);/q;+1/p-1. The molecule has 22 heavy (non-hydrogen) atoms. The summed E-state index contributed by atoms with van der Waals surface area (Å²) in [5.41, 5.74) is 0.718. The predicted molar refractivity (Wildman–Crippen MR) is 74.8 cm³/mol. The molecule has 0 atom stereocenters. The molecule has 0 spiro atoms. The van der Waals surface area contributed by atoms with E-state index in [1.807, 2.05) is 6.07 Å². The Morgan fingerprint density at radius 2 is 2.05 bits per heavy atom. The van der Waals surface area contributed by atoms with Crippen LogP contribution < -0.4 is 28.9 Å². The number of carbonyl (C=O) groups excluding carboxylic acids is 2. The fraction of sp³-hybridized carbons (Fsp3) is 0.533. The molecule has 1 aliphatic rings. The Bertz CT molecular complexity index is 569. The van der Waals surface area contributed by atoms with E-state index < -0.39 is 17.7 Å². The first-order valence-corrected chi connectivity index (χ1v) is 6.95. The zero-order chi connectivity index (χ0) is 15.6. The van der Waals surface area contributed by atoms with Crippen molar-refractivity contribution in [1.29, 1.82) is 0 Å². The minimum Gasteiger partial charge on any atom is -0.550 e. The number of anilines is 1. The molecule has 6 nitrogen and oxygen atoms in total. The summed E-state index contributed by atoms with van der Waals surface area (Å²) in [5.74, 6) is -0.698. The van der Waals surface area contributed by atoms with Crippen molar-refractivity contribution >= 4 is 17.9 Å². The van der Waals surface area contributed by atoms with Gasteiger partial charge >= 0.3 is 25.0 Å². The summed E-state index contributed by atoms with van der Waals surface area (Å²) < 4.78 is 5.37. The summed E-state index contributed by atoms with van der Waals surface area (Å²) >= 11 is 0. The maximum absolute atomic E-state index is 12.2. The van der Waals surface area contributed by atoms with E-state index in [1.54, 1.807) is 26.8 Å². The summed E-state index contributed by atoms with van der Waals surface area (Å²) in [6, 6.07) is 3.48. The maximum Gasteiger partial charge on any atom is 1.00 e. The van der Waals surface area contributed by atoms with Crippen LogP contribution in [0.5, 0.6) is 0 Å². The molecule has 0 bridgehead atoms. The first-order chi connectivity index (χ1) is 9.76. The van der Waals surface area contributed by atoms with Gasteiger partial charge in [-0.05, 0) is 45.2 Å². The molecule has 2 heterocycles. The van der Waals surface area contributed by atoms with Gasteiger partial charge in [-0.2, -0.15) is 0 Å². The van der Waals surface area contributed by atoms with E-state index >= 15 is 0 Å². The first kappa shape index (κ1) is 18.5. The van der Waals surface area contributed by atoms with E-state index in [9.17, 15) is 14.7 Å². The molecule has 114 valence electrons. The first-order valence-electron chi connectivity index (χ1n) is 6.95. The van der Waals surface area contributed by atoms with Crippen molar-refractivity contribution in [2.45, 2.75) is 45.6 Å². The summed E-state index contributed by atoms with van der Waals surface area (Å²) in [6.45, 7) is 5.92. The number of rotatable bonds is 2. The number of aliphatic carboxylic acids is 1. The summed E-state index contributed by atoms with van der Waals surface area (Å²) in [4.78, 5) is 28.7. The normalized spacial score (nSPS) is 13.9. The zero-order valence-corrected chi connectivity index (χ0v) is 13.5. The second-order valence-electron chi connectivity index (χ2n) is 6.07. The summed E-state index contributed by atoms with van der Waals surface area (Å²) in [6.07, 6.45) is 0.915. The molecule has 7 heteroatoms. The quantitative estimate of drug-likeness (QED) is 0.594. The summed E-state index contributed by atoms with van der Waals surface area (Å²) in [5, 5.41) is 10.7. The number of fused-ring (bicyclic) bond motifs is 1. The molecule has 0 unspecified atom stereocenters. The van der Waals surface area contributed by atoms with Crippen LogP contribution in [0, 0.1) is 0 Å². The van der Waals surface area contributed by atoms with Gasteiger partial charge in [0.15, 0.2) is 0 Å². The van der Waals surface area contributed by atoms with Crippen LogP contribution in [0.25, 0.3) is 0 Å². The number of carboxylic acid groups (broad SMARTS) is 1. The molecule has 0 saturated carbocycles. The van der Waals surface area contributed by atoms with Gasteiger partial charge in [-0.15, -0.1) is 0 Å². The Kier molecular flexibility index (Phi) is 6.04. The van der Waals surface area contributed by atoms with E-state index in [0.717, 1.165) is 18.4 Å². The zero-order valence-electron chi connectivity index (χ0n) is 13.5. The Labute approximate surface area is 142 Å². The van der Waals surface area contributed by atoms with Crippen LogP contribution in [-0.2, 0) is 22.4 Å². The van der Waals surface area contributed by atoms with Crippen LogP contribution in [0.3, 0.4) is 0 Å². The van der Waals surface area contributed by atoms with E-state index in [4.69, 9.17) is 4.74 Å². The van der Waals surface area contributed by atoms with Gasteiger partial charge in [0.2, 0.25) is 0 Å². The summed E-state index contributed by atoms with van der Waals surface area (Å²) in [7, 11) is 0. The van der Waals surface area contributed by atoms with Crippen molar-refractivity contribution in [3.8, 4) is 0 Å². The number of hydrogen-bond donors (Lipinski definition) is 0. The van der Waals surface area contributed by atoms with E-state index in [1.165, 1.54) is 4.90 Å². The number of hydrogen-bond acceptors (Lipinski definition) is 5. The molecule has 0 aromatic carbocycles. The monoisotopic (exact) mass is 298 g/mol. The van der Waals surface area contributed by atoms with Gasteiger partial charge in [0.05, 0.1) is 0 Å². The van der Waals surface area contributed by atoms with Crippen LogP contribution in [0.4, 0.5) is 10.6 Å². The molecular formula is C15H19LiN2O4. The number of carbonyl (C=O) groups is 2. The van der Waals surface area contributed by atoms with Crippen molar-refractivity contribution in [1.82, 2.24) is 4.98 Å². The van der Waals surface area contributed by atoms with Crippen LogP contribution in [-0.4, -0.2) is 29.2 Å². The Hall–Kier alpha value is -1.51. The molecule has 1 aromatic heterocycles. The molecule has 2 rings (SSSR count). The second kappa shape index (κ2) is 7.17. The van der Waals surface area contributed by atoms with Crippen molar-refractivity contribution < 1.29 is 38.3 Å². The Morgan fingerprint density at radius 1 is 1.36 bits per heavy atom. The molecule has 0 fully saturated rings. The third kappa shape index (κ3) is 4.75. The maximum atomic E-state index is 12.2. The number of aryl methyl sites for hydroxylation is 1. The number of aromatic nitrogens is 1. The van der Waals surface area contributed by atoms with E-state index in [2.05, 4.69) is 4.98 Å². The topological polar surface area (TPSA) is 82.6 Å². The SMILES string of the molecule is CC(C)(C)OC(=O)N1CCCc2ccc(CC(=O)[O-])nc21.[Li+]. The molecule has 1 amide bonds. The van der Waals surface area contributed by atoms with Gasteiger partial charge in [-0.25, -0.2) is 9.78 Å². The fourth-order valence-electron chi connectivity index (χ4n) is 2.22. The van der Waals surface area contributed by atoms with Crippen LogP contribution in [0.1, 0.15) is 38.4 Å². The average molecular weight is 298 g/mol. The van der Waals surface area contributed by atoms with Gasteiger partial charge in [0, 0.05) is 24.6 Å². The Morgan fingerprint density at radius 3 is 2.64 bits per heavy atom. The van der Waals surface area contributed by atoms with Crippen molar-refractivity contribution in [2.24, 2.45) is 0 Å². The van der Waals surface area contributed by atoms with Crippen LogP contribution in [0.15, 0.2) is 12.1 Å². The van der Waals surface area contributed by atoms with Gasteiger partial charge in [-0.1, -0.05) is 6.07 Å². The van der Waals surface area contributed by atoms with Gasteiger partial charge < -0.3 is 14.6 Å². The number of carboxylic acids is 1. The average Bonchev–Trinajstić information content (AvgIpc) is 2.35. The Balaban J connectivity index is 0.00000242. The third-order valence-corrected chi connectivity index (χ3v) is 3.04. The van der Waals surface area contributed by atoms with E-state index in [0.29, 0.717) is 18.1 Å². The third-order valence-electron chi connectivity index (χ3n) is 3.04. The van der Waals surface area contributed by atoms with Crippen molar-refractivity contribution in [2.75, 3.05) is 11.4 Å². The van der Waals surface area contributed by atoms with Crippen LogP contribution >= 0.6 is 0 Å². The van der Waals surface area contributed by atoms with Crippen molar-refractivity contribution in [3.63, 3.8) is 0 Å². The number of pyridine rings is 1. The smallest absolute Gasteiger partial charge is 0.550 e. The molecule has 0 aliphatic carbocycles. The minimum atomic E-state index is -1.19. The number of ether oxygens (including phenoxy) is 1. The van der Waals surface area contributed by atoms with Crippen LogP contribution in [0.2, 0.25) is 0 Å². The molecule has 1 aliphatic heterocycles. The van der Waals surface area contributed by atoms with Gasteiger partial charge in [-0.3, -0.25) is 4.90 Å². The predicted octanol–water partition coefficient (Wildman–Crippen LogP) is -1.93.